The van der Waals surface area contributed by atoms with Crippen molar-refractivity contribution in [1.82, 2.24) is 15.0 Å². The van der Waals surface area contributed by atoms with Crippen molar-refractivity contribution in [2.75, 3.05) is 41.8 Å². The summed E-state index contributed by atoms with van der Waals surface area (Å²) in [6.07, 6.45) is 18.4. The van der Waals surface area contributed by atoms with Crippen LogP contribution in [-0.4, -0.2) is 41.6 Å². The Kier molecular flexibility index (Phi) is 8.81. The van der Waals surface area contributed by atoms with Crippen molar-refractivity contribution in [2.45, 2.75) is 32.1 Å². The van der Waals surface area contributed by atoms with Gasteiger partial charge in [-0.05, 0) is 72.8 Å². The first-order chi connectivity index (χ1) is 17.6. The van der Waals surface area contributed by atoms with Gasteiger partial charge in [-0.15, -0.1) is 15.7 Å². The first-order valence-electron chi connectivity index (χ1n) is 12.5. The molecule has 3 aromatic rings. The standard InChI is InChI=1S/C29H35N6P/c1-4-6-8-14-25-22(21-30-26(25)5-2)15-18-34(3)29-32-27(31-23-12-11-13-24(36)19-23)20-28(33-29)35-16-9-7-10-17-35/h1,5-6,8,11-13,19-21,30H,2,7,9-10,14-18,36H2,3H3,(H,31,32,33)/b8-6-. The molecule has 3 heterocycles. The number of rotatable bonds is 10. The van der Waals surface area contributed by atoms with Crippen LogP contribution >= 0.6 is 9.24 Å². The summed E-state index contributed by atoms with van der Waals surface area (Å²) >= 11 is 0. The van der Waals surface area contributed by atoms with Crippen LogP contribution in [0.25, 0.3) is 6.08 Å². The maximum absolute atomic E-state index is 5.38. The molecule has 1 unspecified atom stereocenters. The number of piperidine rings is 1. The largest absolute Gasteiger partial charge is 0.361 e. The zero-order valence-corrected chi connectivity index (χ0v) is 22.2. The molecule has 4 rings (SSSR count). The summed E-state index contributed by atoms with van der Waals surface area (Å²) in [7, 11) is 4.80. The Hall–Kier alpha value is -3.55. The fraction of sp³-hybridized carbons (Fsp3) is 0.310. The summed E-state index contributed by atoms with van der Waals surface area (Å²) in [4.78, 5) is 17.7. The maximum Gasteiger partial charge on any atom is 0.229 e. The SMILES string of the molecule is C#C/C=C\Cc1c(CCN(C)c2nc(Nc3cccc(P)c3)cc(N3CCCCC3)n2)c[nH]c1C=C. The first-order valence-corrected chi connectivity index (χ1v) is 13.1. The minimum Gasteiger partial charge on any atom is -0.361 e. The van der Waals surface area contributed by atoms with Crippen LogP contribution in [0, 0.1) is 12.3 Å². The molecular weight excluding hydrogens is 463 g/mol. The molecule has 0 radical (unpaired) electrons. The van der Waals surface area contributed by atoms with Gasteiger partial charge in [0, 0.05) is 50.3 Å². The highest BCUT2D eigenvalue weighted by Crippen LogP contribution is 2.26. The van der Waals surface area contributed by atoms with Gasteiger partial charge >= 0.3 is 0 Å². The van der Waals surface area contributed by atoms with Crippen molar-refractivity contribution in [3.63, 3.8) is 0 Å². The molecule has 6 nitrogen and oxygen atoms in total. The van der Waals surface area contributed by atoms with Crippen LogP contribution < -0.4 is 20.4 Å². The summed E-state index contributed by atoms with van der Waals surface area (Å²) in [6.45, 7) is 6.78. The van der Waals surface area contributed by atoms with E-state index in [2.05, 4.69) is 79.3 Å². The van der Waals surface area contributed by atoms with Crippen molar-refractivity contribution in [3.05, 3.63) is 72.1 Å². The molecule has 2 aromatic heterocycles. The average molecular weight is 499 g/mol. The highest BCUT2D eigenvalue weighted by molar-refractivity contribution is 7.27. The quantitative estimate of drug-likeness (QED) is 0.301. The molecule has 1 aliphatic heterocycles. The number of H-pyrrole nitrogens is 1. The van der Waals surface area contributed by atoms with E-state index in [0.717, 1.165) is 66.7 Å². The number of anilines is 4. The number of nitrogens with zero attached hydrogens (tertiary/aromatic N) is 4. The Morgan fingerprint density at radius 2 is 2.08 bits per heavy atom. The molecule has 1 aliphatic rings. The van der Waals surface area contributed by atoms with Crippen molar-refractivity contribution < 1.29 is 0 Å². The molecule has 0 saturated carbocycles. The summed E-state index contributed by atoms with van der Waals surface area (Å²) in [5.74, 6) is 5.07. The molecule has 1 saturated heterocycles. The van der Waals surface area contributed by atoms with Gasteiger partial charge in [0.1, 0.15) is 11.6 Å². The number of terminal acetylenes is 1. The zero-order valence-electron chi connectivity index (χ0n) is 21.0. The van der Waals surface area contributed by atoms with Crippen LogP contribution in [0.4, 0.5) is 23.3 Å². The molecule has 0 spiro atoms. The highest BCUT2D eigenvalue weighted by atomic mass is 31.0. The number of aromatic nitrogens is 3. The first kappa shape index (κ1) is 25.5. The Morgan fingerprint density at radius 3 is 2.83 bits per heavy atom. The smallest absolute Gasteiger partial charge is 0.229 e. The third-order valence-corrected chi connectivity index (χ3v) is 6.81. The average Bonchev–Trinajstić information content (AvgIpc) is 3.29. The Morgan fingerprint density at radius 1 is 1.25 bits per heavy atom. The van der Waals surface area contributed by atoms with E-state index in [-0.39, 0.29) is 0 Å². The normalized spacial score (nSPS) is 13.5. The van der Waals surface area contributed by atoms with Crippen LogP contribution in [0.1, 0.15) is 36.1 Å². The number of hydrogen-bond donors (Lipinski definition) is 2. The topological polar surface area (TPSA) is 60.1 Å². The Balaban J connectivity index is 1.55. The fourth-order valence-corrected chi connectivity index (χ4v) is 4.79. The lowest BCUT2D eigenvalue weighted by molar-refractivity contribution is 0.573. The lowest BCUT2D eigenvalue weighted by Crippen LogP contribution is -2.31. The monoisotopic (exact) mass is 498 g/mol. The second-order valence-electron chi connectivity index (χ2n) is 9.06. The van der Waals surface area contributed by atoms with Gasteiger partial charge < -0.3 is 20.1 Å². The third-order valence-electron chi connectivity index (χ3n) is 6.45. The molecule has 1 atom stereocenters. The minimum absolute atomic E-state index is 0.718. The van der Waals surface area contributed by atoms with Gasteiger partial charge in [-0.25, -0.2) is 0 Å². The molecule has 0 amide bonds. The number of benzene rings is 1. The molecule has 2 N–H and O–H groups in total. The number of allylic oxidation sites excluding steroid dienone is 2. The van der Waals surface area contributed by atoms with Crippen molar-refractivity contribution in [2.24, 2.45) is 0 Å². The molecule has 186 valence electrons. The fourth-order valence-electron chi connectivity index (χ4n) is 4.50. The van der Waals surface area contributed by atoms with Crippen LogP contribution in [0.3, 0.4) is 0 Å². The van der Waals surface area contributed by atoms with Crippen LogP contribution in [0.2, 0.25) is 0 Å². The number of nitrogens with one attached hydrogen (secondary N) is 2. The highest BCUT2D eigenvalue weighted by Gasteiger charge is 2.17. The van der Waals surface area contributed by atoms with Gasteiger partial charge in [0.2, 0.25) is 5.95 Å². The van der Waals surface area contributed by atoms with Crippen LogP contribution in [0.15, 0.2) is 55.3 Å². The van der Waals surface area contributed by atoms with Crippen molar-refractivity contribution >= 4 is 43.9 Å². The lowest BCUT2D eigenvalue weighted by atomic mass is 10.0. The number of likely N-dealkylation sites (N-methyl/N-ethyl adjacent to an activating group) is 1. The summed E-state index contributed by atoms with van der Waals surface area (Å²) in [5.41, 5.74) is 4.53. The third kappa shape index (κ3) is 6.56. The van der Waals surface area contributed by atoms with Gasteiger partial charge in [-0.1, -0.05) is 30.7 Å². The van der Waals surface area contributed by atoms with Gasteiger partial charge in [-0.3, -0.25) is 0 Å². The van der Waals surface area contributed by atoms with E-state index in [4.69, 9.17) is 16.4 Å². The molecule has 1 aromatic carbocycles. The van der Waals surface area contributed by atoms with Gasteiger partial charge in [0.25, 0.3) is 0 Å². The van der Waals surface area contributed by atoms with E-state index in [0.29, 0.717) is 0 Å². The molecule has 36 heavy (non-hydrogen) atoms. The Bertz CT molecular complexity index is 1250. The van der Waals surface area contributed by atoms with E-state index in [1.54, 1.807) is 6.08 Å². The van der Waals surface area contributed by atoms with E-state index in [1.807, 2.05) is 18.2 Å². The predicted molar refractivity (Wildman–Crippen MR) is 157 cm³/mol. The molecular formula is C29H35N6P. The lowest BCUT2D eigenvalue weighted by Gasteiger charge is -2.29. The van der Waals surface area contributed by atoms with Crippen molar-refractivity contribution in [1.29, 1.82) is 0 Å². The Labute approximate surface area is 217 Å². The van der Waals surface area contributed by atoms with Crippen LogP contribution in [-0.2, 0) is 12.8 Å². The second kappa shape index (κ2) is 12.4. The second-order valence-corrected chi connectivity index (χ2v) is 9.73. The van der Waals surface area contributed by atoms with E-state index in [1.165, 1.54) is 30.4 Å². The summed E-state index contributed by atoms with van der Waals surface area (Å²) in [5, 5.41) is 4.61. The van der Waals surface area contributed by atoms with Crippen LogP contribution in [0.5, 0.6) is 0 Å². The van der Waals surface area contributed by atoms with E-state index < -0.39 is 0 Å². The molecule has 7 heteroatoms. The number of aromatic amines is 1. The van der Waals surface area contributed by atoms with Gasteiger partial charge in [0.15, 0.2) is 0 Å². The predicted octanol–water partition coefficient (Wildman–Crippen LogP) is 5.09. The molecule has 0 bridgehead atoms. The number of hydrogen-bond acceptors (Lipinski definition) is 5. The molecule has 0 aliphatic carbocycles. The van der Waals surface area contributed by atoms with E-state index in [9.17, 15) is 0 Å². The minimum atomic E-state index is 0.718. The maximum atomic E-state index is 5.38. The summed E-state index contributed by atoms with van der Waals surface area (Å²) in [6, 6.07) is 10.3. The van der Waals surface area contributed by atoms with Gasteiger partial charge in [-0.2, -0.15) is 9.97 Å². The summed E-state index contributed by atoms with van der Waals surface area (Å²) < 4.78 is 0. The molecule has 1 fully saturated rings. The van der Waals surface area contributed by atoms with E-state index >= 15 is 0 Å². The van der Waals surface area contributed by atoms with Crippen molar-refractivity contribution in [3.8, 4) is 12.3 Å². The van der Waals surface area contributed by atoms with Gasteiger partial charge in [0.05, 0.1) is 0 Å². The zero-order chi connectivity index (χ0) is 25.3.